The Morgan fingerprint density at radius 2 is 1.81 bits per heavy atom. The van der Waals surface area contributed by atoms with Gasteiger partial charge in [-0.15, -0.1) is 0 Å². The SMILES string of the molecule is CC1=C(C(=O)OCC(C)C)[C@H](c2ccncc2)C2=C(C[C@H](c3ccccc3)CC2=O)N1. The second-order valence-corrected chi connectivity index (χ2v) is 8.70. The summed E-state index contributed by atoms with van der Waals surface area (Å²) in [4.78, 5) is 30.7. The lowest BCUT2D eigenvalue weighted by Crippen LogP contribution is -2.36. The van der Waals surface area contributed by atoms with Gasteiger partial charge in [0, 0.05) is 41.7 Å². The number of ether oxygens (including phenoxy) is 1. The molecule has 2 heterocycles. The van der Waals surface area contributed by atoms with E-state index in [9.17, 15) is 9.59 Å². The van der Waals surface area contributed by atoms with Crippen LogP contribution in [0.3, 0.4) is 0 Å². The van der Waals surface area contributed by atoms with Crippen LogP contribution in [0.25, 0.3) is 0 Å². The molecule has 31 heavy (non-hydrogen) atoms. The number of benzene rings is 1. The summed E-state index contributed by atoms with van der Waals surface area (Å²) in [5.74, 6) is -0.377. The van der Waals surface area contributed by atoms with Crippen LogP contribution in [0.4, 0.5) is 0 Å². The van der Waals surface area contributed by atoms with Crippen LogP contribution in [-0.4, -0.2) is 23.3 Å². The smallest absolute Gasteiger partial charge is 0.336 e. The summed E-state index contributed by atoms with van der Waals surface area (Å²) in [6.45, 7) is 6.24. The molecule has 5 nitrogen and oxygen atoms in total. The standard InChI is InChI=1S/C26H28N2O3/c1-16(2)15-31-26(30)23-17(3)28-21-13-20(18-7-5-4-6-8-18)14-22(29)25(21)24(23)19-9-11-27-12-10-19/h4-12,16,20,24,28H,13-15H2,1-3H3/t20-,24-/m0/s1. The van der Waals surface area contributed by atoms with Gasteiger partial charge in [-0.3, -0.25) is 9.78 Å². The zero-order valence-corrected chi connectivity index (χ0v) is 18.2. The van der Waals surface area contributed by atoms with Gasteiger partial charge in [0.1, 0.15) is 0 Å². The molecule has 1 aromatic carbocycles. The topological polar surface area (TPSA) is 68.3 Å². The van der Waals surface area contributed by atoms with Gasteiger partial charge in [0.05, 0.1) is 12.2 Å². The third-order valence-corrected chi connectivity index (χ3v) is 5.91. The van der Waals surface area contributed by atoms with Gasteiger partial charge in [0.15, 0.2) is 5.78 Å². The van der Waals surface area contributed by atoms with E-state index >= 15 is 0 Å². The van der Waals surface area contributed by atoms with Crippen molar-refractivity contribution in [1.82, 2.24) is 10.3 Å². The van der Waals surface area contributed by atoms with E-state index in [2.05, 4.69) is 22.4 Å². The van der Waals surface area contributed by atoms with Gasteiger partial charge >= 0.3 is 5.97 Å². The largest absolute Gasteiger partial charge is 0.462 e. The predicted octanol–water partition coefficient (Wildman–Crippen LogP) is 4.64. The van der Waals surface area contributed by atoms with E-state index in [1.165, 1.54) is 0 Å². The van der Waals surface area contributed by atoms with Crippen LogP contribution in [0.1, 0.15) is 56.6 Å². The number of allylic oxidation sites excluding steroid dienone is 3. The number of carbonyl (C=O) groups excluding carboxylic acids is 2. The van der Waals surface area contributed by atoms with Crippen LogP contribution in [-0.2, 0) is 14.3 Å². The normalized spacial score (nSPS) is 21.1. The molecule has 0 saturated heterocycles. The highest BCUT2D eigenvalue weighted by Crippen LogP contribution is 2.45. The van der Waals surface area contributed by atoms with E-state index in [0.29, 0.717) is 24.2 Å². The van der Waals surface area contributed by atoms with Gasteiger partial charge in [-0.2, -0.15) is 0 Å². The fourth-order valence-electron chi connectivity index (χ4n) is 4.48. The molecule has 1 aromatic heterocycles. The average molecular weight is 417 g/mol. The molecule has 0 unspecified atom stereocenters. The summed E-state index contributed by atoms with van der Waals surface area (Å²) in [6, 6.07) is 13.9. The molecule has 0 spiro atoms. The summed E-state index contributed by atoms with van der Waals surface area (Å²) >= 11 is 0. The third kappa shape index (κ3) is 4.31. The highest BCUT2D eigenvalue weighted by Gasteiger charge is 2.41. The third-order valence-electron chi connectivity index (χ3n) is 5.91. The molecule has 1 aliphatic carbocycles. The number of nitrogens with one attached hydrogen (secondary N) is 1. The van der Waals surface area contributed by atoms with E-state index in [1.54, 1.807) is 12.4 Å². The van der Waals surface area contributed by atoms with Crippen molar-refractivity contribution in [2.24, 2.45) is 5.92 Å². The van der Waals surface area contributed by atoms with Gasteiger partial charge in [-0.1, -0.05) is 44.2 Å². The van der Waals surface area contributed by atoms with Gasteiger partial charge in [-0.25, -0.2) is 4.79 Å². The molecule has 0 saturated carbocycles. The van der Waals surface area contributed by atoms with E-state index in [-0.39, 0.29) is 23.6 Å². The number of dihydropyridines is 1. The number of esters is 1. The summed E-state index contributed by atoms with van der Waals surface area (Å²) in [5, 5.41) is 3.39. The van der Waals surface area contributed by atoms with Crippen LogP contribution < -0.4 is 5.32 Å². The molecular formula is C26H28N2O3. The number of hydrogen-bond donors (Lipinski definition) is 1. The molecule has 0 radical (unpaired) electrons. The Kier molecular flexibility index (Phi) is 6.03. The maximum absolute atomic E-state index is 13.4. The number of hydrogen-bond acceptors (Lipinski definition) is 5. The van der Waals surface area contributed by atoms with E-state index in [1.807, 2.05) is 51.1 Å². The average Bonchev–Trinajstić information content (AvgIpc) is 2.77. The highest BCUT2D eigenvalue weighted by atomic mass is 16.5. The molecule has 2 aliphatic rings. The minimum absolute atomic E-state index is 0.0751. The van der Waals surface area contributed by atoms with Crippen molar-refractivity contribution >= 4 is 11.8 Å². The Labute approximate surface area is 183 Å². The van der Waals surface area contributed by atoms with Crippen molar-refractivity contribution in [3.63, 3.8) is 0 Å². The number of Topliss-reactive ketones (excluding diaryl/α,β-unsaturated/α-hetero) is 1. The van der Waals surface area contributed by atoms with Crippen LogP contribution in [0.2, 0.25) is 0 Å². The lowest BCUT2D eigenvalue weighted by molar-refractivity contribution is -0.140. The number of rotatable bonds is 5. The minimum atomic E-state index is -0.442. The zero-order valence-electron chi connectivity index (χ0n) is 18.2. The Balaban J connectivity index is 1.75. The predicted molar refractivity (Wildman–Crippen MR) is 119 cm³/mol. The zero-order chi connectivity index (χ0) is 22.0. The first-order valence-electron chi connectivity index (χ1n) is 10.8. The molecule has 4 rings (SSSR count). The summed E-state index contributed by atoms with van der Waals surface area (Å²) in [7, 11) is 0. The van der Waals surface area contributed by atoms with Gasteiger partial charge < -0.3 is 10.1 Å². The van der Waals surface area contributed by atoms with Crippen molar-refractivity contribution in [2.45, 2.75) is 45.4 Å². The number of aromatic nitrogens is 1. The maximum atomic E-state index is 13.4. The van der Waals surface area contributed by atoms with Crippen molar-refractivity contribution in [3.05, 3.63) is 88.5 Å². The number of nitrogens with zero attached hydrogens (tertiary/aromatic N) is 1. The molecule has 5 heteroatoms. The van der Waals surface area contributed by atoms with Crippen molar-refractivity contribution in [2.75, 3.05) is 6.61 Å². The first kappa shape index (κ1) is 21.0. The maximum Gasteiger partial charge on any atom is 0.336 e. The second-order valence-electron chi connectivity index (χ2n) is 8.70. The summed E-state index contributed by atoms with van der Waals surface area (Å²) in [5.41, 5.74) is 4.89. The second kappa shape index (κ2) is 8.88. The lowest BCUT2D eigenvalue weighted by Gasteiger charge is -2.36. The molecule has 0 bridgehead atoms. The van der Waals surface area contributed by atoms with Crippen LogP contribution in [0.5, 0.6) is 0 Å². The number of ketones is 1. The van der Waals surface area contributed by atoms with Crippen molar-refractivity contribution in [3.8, 4) is 0 Å². The first-order valence-corrected chi connectivity index (χ1v) is 10.8. The van der Waals surface area contributed by atoms with Crippen LogP contribution >= 0.6 is 0 Å². The Bertz CT molecular complexity index is 1040. The molecular weight excluding hydrogens is 388 g/mol. The molecule has 2 atom stereocenters. The molecule has 0 fully saturated rings. The molecule has 2 aromatic rings. The molecule has 1 N–H and O–H groups in total. The molecule has 160 valence electrons. The van der Waals surface area contributed by atoms with Crippen LogP contribution in [0, 0.1) is 5.92 Å². The fourth-order valence-corrected chi connectivity index (χ4v) is 4.48. The first-order chi connectivity index (χ1) is 15.0. The summed E-state index contributed by atoms with van der Waals surface area (Å²) in [6.07, 6.45) is 4.56. The molecule has 1 aliphatic heterocycles. The number of carbonyl (C=O) groups is 2. The van der Waals surface area contributed by atoms with E-state index in [4.69, 9.17) is 4.74 Å². The molecule has 0 amide bonds. The fraction of sp³-hybridized carbons (Fsp3) is 0.346. The number of pyridine rings is 1. The van der Waals surface area contributed by atoms with Gasteiger partial charge in [-0.05, 0) is 48.4 Å². The van der Waals surface area contributed by atoms with E-state index in [0.717, 1.165) is 28.9 Å². The van der Waals surface area contributed by atoms with Crippen LogP contribution in [0.15, 0.2) is 77.4 Å². The lowest BCUT2D eigenvalue weighted by atomic mass is 9.72. The van der Waals surface area contributed by atoms with Crippen molar-refractivity contribution in [1.29, 1.82) is 0 Å². The Morgan fingerprint density at radius 1 is 1.10 bits per heavy atom. The van der Waals surface area contributed by atoms with Gasteiger partial charge in [0.2, 0.25) is 0 Å². The highest BCUT2D eigenvalue weighted by molar-refractivity contribution is 6.04. The minimum Gasteiger partial charge on any atom is -0.462 e. The Morgan fingerprint density at radius 3 is 2.48 bits per heavy atom. The Hall–Kier alpha value is -3.21. The van der Waals surface area contributed by atoms with Crippen molar-refractivity contribution < 1.29 is 14.3 Å². The van der Waals surface area contributed by atoms with Gasteiger partial charge in [0.25, 0.3) is 0 Å². The summed E-state index contributed by atoms with van der Waals surface area (Å²) < 4.78 is 5.58. The van der Waals surface area contributed by atoms with E-state index < -0.39 is 5.92 Å². The quantitative estimate of drug-likeness (QED) is 0.719. The monoisotopic (exact) mass is 416 g/mol.